The smallest absolute Gasteiger partial charge is 0.122 e. The number of nitrogens with one attached hydrogen (secondary N) is 2. The Labute approximate surface area is 116 Å². The molecular formula is C16H26N2O. The highest BCUT2D eigenvalue weighted by Gasteiger charge is 2.13. The van der Waals surface area contributed by atoms with E-state index in [9.17, 15) is 0 Å². The van der Waals surface area contributed by atoms with Crippen LogP contribution >= 0.6 is 0 Å². The second-order valence-electron chi connectivity index (χ2n) is 5.66. The molecule has 0 amide bonds. The van der Waals surface area contributed by atoms with Gasteiger partial charge in [-0.2, -0.15) is 0 Å². The van der Waals surface area contributed by atoms with Crippen molar-refractivity contribution < 1.29 is 4.74 Å². The number of hydrogen-bond donors (Lipinski definition) is 2. The summed E-state index contributed by atoms with van der Waals surface area (Å²) in [5.41, 5.74) is 2.63. The number of benzene rings is 1. The Morgan fingerprint density at radius 2 is 2.26 bits per heavy atom. The molecule has 0 spiro atoms. The largest absolute Gasteiger partial charge is 0.496 e. The molecule has 1 aromatic rings. The van der Waals surface area contributed by atoms with E-state index in [0.29, 0.717) is 12.0 Å². The lowest BCUT2D eigenvalue weighted by atomic mass is 9.99. The zero-order valence-corrected chi connectivity index (χ0v) is 12.3. The first-order chi connectivity index (χ1) is 9.20. The molecule has 3 heteroatoms. The highest BCUT2D eigenvalue weighted by molar-refractivity contribution is 5.39. The highest BCUT2D eigenvalue weighted by Crippen LogP contribution is 2.27. The van der Waals surface area contributed by atoms with Crippen molar-refractivity contribution in [2.24, 2.45) is 0 Å². The number of methoxy groups -OCH3 is 1. The van der Waals surface area contributed by atoms with Gasteiger partial charge in [0.15, 0.2) is 0 Å². The van der Waals surface area contributed by atoms with Crippen molar-refractivity contribution >= 4 is 0 Å². The first kappa shape index (κ1) is 14.4. The molecule has 0 bridgehead atoms. The van der Waals surface area contributed by atoms with Crippen molar-refractivity contribution in [2.75, 3.05) is 20.2 Å². The van der Waals surface area contributed by atoms with E-state index in [1.165, 1.54) is 30.5 Å². The third-order valence-corrected chi connectivity index (χ3v) is 3.80. The molecule has 1 atom stereocenters. The zero-order chi connectivity index (χ0) is 13.7. The Morgan fingerprint density at radius 3 is 2.89 bits per heavy atom. The van der Waals surface area contributed by atoms with E-state index >= 15 is 0 Å². The van der Waals surface area contributed by atoms with Crippen LogP contribution in [0.5, 0.6) is 5.75 Å². The fraction of sp³-hybridized carbons (Fsp3) is 0.625. The molecule has 106 valence electrons. The molecule has 0 aliphatic carbocycles. The number of ether oxygens (including phenoxy) is 1. The normalized spacial score (nSPS) is 19.1. The molecule has 2 rings (SSSR count). The lowest BCUT2D eigenvalue weighted by Crippen LogP contribution is -2.33. The fourth-order valence-corrected chi connectivity index (χ4v) is 2.67. The van der Waals surface area contributed by atoms with Gasteiger partial charge in [-0.05, 0) is 42.5 Å². The molecule has 2 N–H and O–H groups in total. The Morgan fingerprint density at radius 1 is 1.42 bits per heavy atom. The summed E-state index contributed by atoms with van der Waals surface area (Å²) >= 11 is 0. The van der Waals surface area contributed by atoms with Crippen molar-refractivity contribution in [3.8, 4) is 5.75 Å². The second kappa shape index (κ2) is 6.92. The van der Waals surface area contributed by atoms with Crippen LogP contribution in [0.25, 0.3) is 0 Å². The predicted molar refractivity (Wildman–Crippen MR) is 79.8 cm³/mol. The molecule has 1 saturated heterocycles. The molecule has 1 fully saturated rings. The van der Waals surface area contributed by atoms with Gasteiger partial charge in [-0.1, -0.05) is 26.0 Å². The first-order valence-corrected chi connectivity index (χ1v) is 7.31. The van der Waals surface area contributed by atoms with Gasteiger partial charge in [0, 0.05) is 19.1 Å². The molecule has 0 radical (unpaired) electrons. The lowest BCUT2D eigenvalue weighted by Gasteiger charge is -2.15. The quantitative estimate of drug-likeness (QED) is 0.827. The second-order valence-corrected chi connectivity index (χ2v) is 5.66. The van der Waals surface area contributed by atoms with E-state index in [-0.39, 0.29) is 0 Å². The molecule has 0 saturated carbocycles. The topological polar surface area (TPSA) is 33.3 Å². The summed E-state index contributed by atoms with van der Waals surface area (Å²) in [5.74, 6) is 1.49. The molecule has 1 heterocycles. The average molecular weight is 262 g/mol. The van der Waals surface area contributed by atoms with Gasteiger partial charge in [-0.25, -0.2) is 0 Å². The van der Waals surface area contributed by atoms with E-state index in [1.807, 2.05) is 0 Å². The van der Waals surface area contributed by atoms with Crippen molar-refractivity contribution in [1.29, 1.82) is 0 Å². The summed E-state index contributed by atoms with van der Waals surface area (Å²) in [5, 5.41) is 7.05. The van der Waals surface area contributed by atoms with Crippen LogP contribution in [0.1, 0.15) is 43.7 Å². The molecule has 3 nitrogen and oxygen atoms in total. The van der Waals surface area contributed by atoms with Crippen LogP contribution < -0.4 is 15.4 Å². The Hall–Kier alpha value is -1.06. The third-order valence-electron chi connectivity index (χ3n) is 3.80. The zero-order valence-electron chi connectivity index (χ0n) is 12.3. The van der Waals surface area contributed by atoms with E-state index in [4.69, 9.17) is 4.74 Å². The van der Waals surface area contributed by atoms with Crippen molar-refractivity contribution in [2.45, 2.75) is 45.2 Å². The van der Waals surface area contributed by atoms with Crippen LogP contribution in [0, 0.1) is 0 Å². The maximum absolute atomic E-state index is 5.42. The maximum atomic E-state index is 5.42. The Kier molecular flexibility index (Phi) is 5.23. The molecule has 1 aromatic carbocycles. The summed E-state index contributed by atoms with van der Waals surface area (Å²) in [6.07, 6.45) is 2.61. The maximum Gasteiger partial charge on any atom is 0.122 e. The van der Waals surface area contributed by atoms with Gasteiger partial charge in [-0.3, -0.25) is 0 Å². The minimum atomic E-state index is 0.492. The SMILES string of the molecule is COc1ccc(CNCC2CCCN2)cc1C(C)C. The highest BCUT2D eigenvalue weighted by atomic mass is 16.5. The van der Waals surface area contributed by atoms with E-state index in [0.717, 1.165) is 18.8 Å². The van der Waals surface area contributed by atoms with Crippen LogP contribution in [0.3, 0.4) is 0 Å². The van der Waals surface area contributed by atoms with Gasteiger partial charge in [-0.15, -0.1) is 0 Å². The minimum Gasteiger partial charge on any atom is -0.496 e. The standard InChI is InChI=1S/C16H26N2O/c1-12(2)15-9-13(6-7-16(15)19-3)10-17-11-14-5-4-8-18-14/h6-7,9,12,14,17-18H,4-5,8,10-11H2,1-3H3. The number of rotatable bonds is 6. The fourth-order valence-electron chi connectivity index (χ4n) is 2.67. The van der Waals surface area contributed by atoms with Gasteiger partial charge >= 0.3 is 0 Å². The van der Waals surface area contributed by atoms with Gasteiger partial charge in [0.2, 0.25) is 0 Å². The Bertz CT molecular complexity index is 398. The average Bonchev–Trinajstić information content (AvgIpc) is 2.91. The van der Waals surface area contributed by atoms with Crippen LogP contribution in [-0.2, 0) is 6.54 Å². The monoisotopic (exact) mass is 262 g/mol. The molecular weight excluding hydrogens is 236 g/mol. The van der Waals surface area contributed by atoms with Crippen LogP contribution in [0.15, 0.2) is 18.2 Å². The van der Waals surface area contributed by atoms with Gasteiger partial charge in [0.05, 0.1) is 7.11 Å². The van der Waals surface area contributed by atoms with Gasteiger partial charge < -0.3 is 15.4 Å². The first-order valence-electron chi connectivity index (χ1n) is 7.31. The molecule has 0 aromatic heterocycles. The van der Waals surface area contributed by atoms with Gasteiger partial charge in [0.25, 0.3) is 0 Å². The molecule has 19 heavy (non-hydrogen) atoms. The third kappa shape index (κ3) is 3.95. The summed E-state index contributed by atoms with van der Waals surface area (Å²) in [6, 6.07) is 7.15. The summed E-state index contributed by atoms with van der Waals surface area (Å²) < 4.78 is 5.42. The predicted octanol–water partition coefficient (Wildman–Crippen LogP) is 2.66. The molecule has 1 aliphatic heterocycles. The van der Waals surface area contributed by atoms with Crippen LogP contribution in [0.4, 0.5) is 0 Å². The van der Waals surface area contributed by atoms with Gasteiger partial charge in [0.1, 0.15) is 5.75 Å². The summed E-state index contributed by atoms with van der Waals surface area (Å²) in [7, 11) is 1.74. The van der Waals surface area contributed by atoms with Crippen molar-refractivity contribution in [3.05, 3.63) is 29.3 Å². The Balaban J connectivity index is 1.90. The van der Waals surface area contributed by atoms with E-state index in [2.05, 4.69) is 42.7 Å². The molecule has 1 aliphatic rings. The van der Waals surface area contributed by atoms with Crippen molar-refractivity contribution in [1.82, 2.24) is 10.6 Å². The lowest BCUT2D eigenvalue weighted by molar-refractivity contribution is 0.407. The summed E-state index contributed by atoms with van der Waals surface area (Å²) in [4.78, 5) is 0. The minimum absolute atomic E-state index is 0.492. The van der Waals surface area contributed by atoms with E-state index < -0.39 is 0 Å². The van der Waals surface area contributed by atoms with Crippen molar-refractivity contribution in [3.63, 3.8) is 0 Å². The van der Waals surface area contributed by atoms with E-state index in [1.54, 1.807) is 7.11 Å². The summed E-state index contributed by atoms with van der Waals surface area (Å²) in [6.45, 7) is 7.58. The van der Waals surface area contributed by atoms with Crippen LogP contribution in [-0.4, -0.2) is 26.2 Å². The molecule has 1 unspecified atom stereocenters. The van der Waals surface area contributed by atoms with Crippen LogP contribution in [0.2, 0.25) is 0 Å². The number of hydrogen-bond acceptors (Lipinski definition) is 3.